The third-order valence-corrected chi connectivity index (χ3v) is 8.14. The zero-order valence-corrected chi connectivity index (χ0v) is 23.3. The third kappa shape index (κ3) is 6.16. The average molecular weight is 623 g/mol. The molecule has 10 heteroatoms. The van der Waals surface area contributed by atoms with E-state index >= 15 is 0 Å². The molecule has 0 aliphatic heterocycles. The lowest BCUT2D eigenvalue weighted by molar-refractivity contribution is 0.280. The number of methoxy groups -OCH3 is 1. The number of aromatic nitrogens is 3. The van der Waals surface area contributed by atoms with Gasteiger partial charge in [0.2, 0.25) is 11.8 Å². The average Bonchev–Trinajstić information content (AvgIpc) is 3.56. The number of furan rings is 1. The van der Waals surface area contributed by atoms with Crippen LogP contribution in [-0.4, -0.2) is 45.0 Å². The molecule has 0 fully saturated rings. The van der Waals surface area contributed by atoms with Crippen LogP contribution in [0.4, 0.5) is 5.95 Å². The molecule has 0 atom stereocenters. The number of anilines is 1. The molecule has 0 radical (unpaired) electrons. The van der Waals surface area contributed by atoms with Crippen LogP contribution in [0.15, 0.2) is 65.3 Å². The van der Waals surface area contributed by atoms with E-state index in [4.69, 9.17) is 9.15 Å². The summed E-state index contributed by atoms with van der Waals surface area (Å²) in [7, 11) is 3.37. The number of rotatable bonds is 12. The molecule has 1 N–H and O–H groups in total. The fourth-order valence-corrected chi connectivity index (χ4v) is 5.65. The van der Waals surface area contributed by atoms with Gasteiger partial charge in [-0.05, 0) is 70.3 Å². The molecular formula is C25H27IN4O3S2. The van der Waals surface area contributed by atoms with Crippen molar-refractivity contribution >= 4 is 48.0 Å². The van der Waals surface area contributed by atoms with E-state index in [0.717, 1.165) is 24.5 Å². The molecule has 7 nitrogen and oxygen atoms in total. The fourth-order valence-electron chi connectivity index (χ4n) is 3.69. The van der Waals surface area contributed by atoms with Crippen LogP contribution < -0.4 is 9.04 Å². The summed E-state index contributed by atoms with van der Waals surface area (Å²) in [5.41, 5.74) is 3.98. The van der Waals surface area contributed by atoms with Gasteiger partial charge in [-0.3, -0.25) is 8.87 Å². The molecule has 0 amide bonds. The van der Waals surface area contributed by atoms with Crippen molar-refractivity contribution < 1.29 is 14.3 Å². The summed E-state index contributed by atoms with van der Waals surface area (Å²) in [6.45, 7) is 2.72. The molecule has 0 aliphatic rings. The first-order valence-corrected chi connectivity index (χ1v) is 15.6. The Morgan fingerprint density at radius 3 is 2.60 bits per heavy atom. The minimum absolute atomic E-state index is 0.147. The van der Waals surface area contributed by atoms with Gasteiger partial charge in [0.15, 0.2) is 5.76 Å². The zero-order chi connectivity index (χ0) is 24.6. The maximum Gasteiger partial charge on any atom is 0.242 e. The Morgan fingerprint density at radius 2 is 1.91 bits per heavy atom. The second kappa shape index (κ2) is 12.7. The van der Waals surface area contributed by atoms with Gasteiger partial charge >= 0.3 is 0 Å². The Hall–Kier alpha value is -2.15. The van der Waals surface area contributed by atoms with Crippen molar-refractivity contribution in [3.8, 4) is 23.0 Å². The Balaban J connectivity index is 1.74. The molecule has 2 aromatic heterocycles. The molecule has 4 rings (SSSR count). The second-order valence-corrected chi connectivity index (χ2v) is 11.3. The Bertz CT molecular complexity index is 1190. The molecule has 0 bridgehead atoms. The predicted octanol–water partition coefficient (Wildman–Crippen LogP) is 6.12. The fraction of sp³-hybridized carbons (Fsp3) is 0.280. The normalized spacial score (nSPS) is 11.1. The summed E-state index contributed by atoms with van der Waals surface area (Å²) in [4.78, 5) is 0. The molecule has 0 saturated heterocycles. The highest BCUT2D eigenvalue weighted by atomic mass is 127. The summed E-state index contributed by atoms with van der Waals surface area (Å²) in [6, 6.07) is 18.0. The lowest BCUT2D eigenvalue weighted by Crippen LogP contribution is -2.23. The number of halogens is 1. The van der Waals surface area contributed by atoms with Crippen LogP contribution in [0, 0.1) is 6.92 Å². The quantitative estimate of drug-likeness (QED) is 0.150. The Kier molecular flexibility index (Phi) is 9.41. The molecule has 0 saturated carbocycles. The van der Waals surface area contributed by atoms with Crippen LogP contribution in [0.2, 0.25) is 0 Å². The third-order valence-electron chi connectivity index (χ3n) is 5.44. The summed E-state index contributed by atoms with van der Waals surface area (Å²) in [6.07, 6.45) is 2.55. The minimum atomic E-state index is -0.147. The molecule has 184 valence electrons. The molecule has 0 unspecified atom stereocenters. The Morgan fingerprint density at radius 1 is 1.09 bits per heavy atom. The highest BCUT2D eigenvalue weighted by Gasteiger charge is 2.26. The van der Waals surface area contributed by atoms with Gasteiger partial charge in [0.05, 0.1) is 25.7 Å². The van der Waals surface area contributed by atoms with E-state index in [1.54, 1.807) is 34.3 Å². The molecule has 35 heavy (non-hydrogen) atoms. The maximum absolute atomic E-state index is 10.2. The highest BCUT2D eigenvalue weighted by molar-refractivity contribution is 14.2. The minimum Gasteiger partial charge on any atom is -0.495 e. The number of hydrogen-bond acceptors (Lipinski definition) is 8. The number of aliphatic hydroxyl groups is 1. The van der Waals surface area contributed by atoms with Gasteiger partial charge < -0.3 is 14.3 Å². The first-order valence-electron chi connectivity index (χ1n) is 11.1. The van der Waals surface area contributed by atoms with E-state index in [0.29, 0.717) is 34.5 Å². The Labute approximate surface area is 226 Å². The smallest absolute Gasteiger partial charge is 0.242 e. The standard InChI is InChI=1S/C25H27IN4O3S2/c1-18-8-10-19(11-9-18)12-15-35-29(13-16-34-26)25-28-27-24(22-7-4-14-33-22)30(25)23-20(17-31)5-3-6-21(23)32-2/h3-11,14,31H,12-13,15-17H2,1-2H3. The molecule has 4 aromatic rings. The first kappa shape index (κ1) is 25.9. The van der Waals surface area contributed by atoms with Crippen molar-refractivity contribution in [3.63, 3.8) is 0 Å². The van der Waals surface area contributed by atoms with Crippen molar-refractivity contribution in [2.45, 2.75) is 20.0 Å². The zero-order valence-electron chi connectivity index (χ0n) is 19.6. The van der Waals surface area contributed by atoms with Crippen molar-refractivity contribution in [3.05, 3.63) is 77.6 Å². The lowest BCUT2D eigenvalue weighted by Gasteiger charge is -2.24. The number of aryl methyl sites for hydroxylation is 2. The van der Waals surface area contributed by atoms with E-state index in [1.165, 1.54) is 11.1 Å². The van der Waals surface area contributed by atoms with Gasteiger partial charge in [0, 0.05) is 23.6 Å². The van der Waals surface area contributed by atoms with Crippen molar-refractivity contribution in [1.82, 2.24) is 14.8 Å². The number of benzene rings is 2. The van der Waals surface area contributed by atoms with E-state index in [2.05, 4.69) is 66.9 Å². The number of para-hydroxylation sites is 1. The van der Waals surface area contributed by atoms with Gasteiger partial charge in [-0.2, -0.15) is 0 Å². The van der Waals surface area contributed by atoms with Crippen LogP contribution in [0.1, 0.15) is 16.7 Å². The topological polar surface area (TPSA) is 76.5 Å². The van der Waals surface area contributed by atoms with Gasteiger partial charge in [0.25, 0.3) is 0 Å². The summed E-state index contributed by atoms with van der Waals surface area (Å²) in [5.74, 6) is 4.23. The van der Waals surface area contributed by atoms with Crippen LogP contribution in [0.3, 0.4) is 0 Å². The van der Waals surface area contributed by atoms with E-state index in [-0.39, 0.29) is 6.61 Å². The number of nitrogens with zero attached hydrogens (tertiary/aromatic N) is 4. The van der Waals surface area contributed by atoms with Gasteiger partial charge in [0.1, 0.15) is 5.75 Å². The number of hydrogen-bond donors (Lipinski definition) is 1. The van der Waals surface area contributed by atoms with Gasteiger partial charge in [-0.1, -0.05) is 50.9 Å². The van der Waals surface area contributed by atoms with Crippen LogP contribution in [0.5, 0.6) is 5.75 Å². The van der Waals surface area contributed by atoms with Gasteiger partial charge in [-0.15, -0.1) is 10.2 Å². The van der Waals surface area contributed by atoms with E-state index < -0.39 is 0 Å². The van der Waals surface area contributed by atoms with Crippen molar-refractivity contribution in [2.24, 2.45) is 0 Å². The first-order chi connectivity index (χ1) is 17.2. The van der Waals surface area contributed by atoms with Crippen molar-refractivity contribution in [2.75, 3.05) is 29.5 Å². The monoisotopic (exact) mass is 622 g/mol. The summed E-state index contributed by atoms with van der Waals surface area (Å²) < 4.78 is 15.5. The van der Waals surface area contributed by atoms with Crippen LogP contribution >= 0.6 is 42.1 Å². The SMILES string of the molecule is COc1cccc(CO)c1-n1c(-c2ccco2)nnc1N(CCSI)SCCc1ccc(C)cc1. The molecule has 0 spiro atoms. The number of aliphatic hydroxyl groups excluding tert-OH is 1. The largest absolute Gasteiger partial charge is 0.495 e. The van der Waals surface area contributed by atoms with E-state index in [9.17, 15) is 5.11 Å². The maximum atomic E-state index is 10.2. The van der Waals surface area contributed by atoms with E-state index in [1.807, 2.05) is 34.9 Å². The summed E-state index contributed by atoms with van der Waals surface area (Å²) in [5, 5.41) is 19.3. The van der Waals surface area contributed by atoms with Gasteiger partial charge in [-0.25, -0.2) is 0 Å². The summed E-state index contributed by atoms with van der Waals surface area (Å²) >= 11 is 4.04. The van der Waals surface area contributed by atoms with Crippen molar-refractivity contribution in [1.29, 1.82) is 0 Å². The molecule has 0 aliphatic carbocycles. The van der Waals surface area contributed by atoms with Crippen LogP contribution in [0.25, 0.3) is 17.3 Å². The molecular weight excluding hydrogens is 595 g/mol. The van der Waals surface area contributed by atoms with Crippen LogP contribution in [-0.2, 0) is 13.0 Å². The second-order valence-electron chi connectivity index (χ2n) is 7.75. The molecule has 2 heterocycles. The highest BCUT2D eigenvalue weighted by Crippen LogP contribution is 2.36. The predicted molar refractivity (Wildman–Crippen MR) is 153 cm³/mol. The molecule has 2 aromatic carbocycles. The lowest BCUT2D eigenvalue weighted by atomic mass is 10.1. The number of ether oxygens (including phenoxy) is 1.